The van der Waals surface area contributed by atoms with Crippen molar-refractivity contribution in [3.63, 3.8) is 0 Å². The number of carbonyl (C=O) groups excluding carboxylic acids is 1. The lowest BCUT2D eigenvalue weighted by molar-refractivity contribution is -0.151. The topological polar surface area (TPSA) is 41.6 Å². The SMILES string of the molecule is CCCC(C)N(C)CC(C)(NC(C)C)C(=O)OCC. The normalized spacial score (nSPS) is 16.5. The Morgan fingerprint density at radius 2 is 1.89 bits per heavy atom. The van der Waals surface area contributed by atoms with E-state index in [0.29, 0.717) is 19.2 Å². The second-order valence-corrected chi connectivity index (χ2v) is 5.90. The number of likely N-dealkylation sites (N-methyl/N-ethyl adjacent to an activating group) is 1. The molecule has 0 aromatic heterocycles. The Labute approximate surface area is 118 Å². The molecule has 0 fully saturated rings. The fourth-order valence-electron chi connectivity index (χ4n) is 2.39. The van der Waals surface area contributed by atoms with Crippen LogP contribution in [0.25, 0.3) is 0 Å². The summed E-state index contributed by atoms with van der Waals surface area (Å²) in [5, 5.41) is 3.35. The summed E-state index contributed by atoms with van der Waals surface area (Å²) in [6.45, 7) is 13.3. The highest BCUT2D eigenvalue weighted by atomic mass is 16.5. The molecule has 0 bridgehead atoms. The monoisotopic (exact) mass is 272 g/mol. The third kappa shape index (κ3) is 6.39. The summed E-state index contributed by atoms with van der Waals surface area (Å²) in [6, 6.07) is 0.706. The summed E-state index contributed by atoms with van der Waals surface area (Å²) >= 11 is 0. The first-order chi connectivity index (χ1) is 8.76. The summed E-state index contributed by atoms with van der Waals surface area (Å²) in [4.78, 5) is 14.4. The Balaban J connectivity index is 4.79. The average molecular weight is 272 g/mol. The largest absolute Gasteiger partial charge is 0.465 e. The van der Waals surface area contributed by atoms with Crippen molar-refractivity contribution in [2.24, 2.45) is 0 Å². The predicted octanol–water partition coefficient (Wildman–Crippen LogP) is 2.43. The van der Waals surface area contributed by atoms with Crippen LogP contribution in [0.5, 0.6) is 0 Å². The van der Waals surface area contributed by atoms with Crippen molar-refractivity contribution in [1.29, 1.82) is 0 Å². The van der Waals surface area contributed by atoms with E-state index in [1.807, 2.05) is 27.7 Å². The highest BCUT2D eigenvalue weighted by molar-refractivity contribution is 5.80. The van der Waals surface area contributed by atoms with Gasteiger partial charge in [-0.2, -0.15) is 0 Å². The first kappa shape index (κ1) is 18.4. The zero-order chi connectivity index (χ0) is 15.1. The van der Waals surface area contributed by atoms with E-state index in [1.165, 1.54) is 0 Å². The van der Waals surface area contributed by atoms with E-state index in [2.05, 4.69) is 31.1 Å². The summed E-state index contributed by atoms with van der Waals surface area (Å²) in [7, 11) is 2.07. The highest BCUT2D eigenvalue weighted by Crippen LogP contribution is 2.14. The molecule has 0 saturated heterocycles. The molecule has 0 amide bonds. The Kier molecular flexibility index (Phi) is 8.26. The lowest BCUT2D eigenvalue weighted by atomic mass is 9.99. The van der Waals surface area contributed by atoms with Gasteiger partial charge in [0, 0.05) is 18.6 Å². The fourth-order valence-corrected chi connectivity index (χ4v) is 2.39. The molecule has 0 rings (SSSR count). The third-order valence-corrected chi connectivity index (χ3v) is 3.36. The van der Waals surface area contributed by atoms with Crippen molar-refractivity contribution in [1.82, 2.24) is 10.2 Å². The second-order valence-electron chi connectivity index (χ2n) is 5.90. The van der Waals surface area contributed by atoms with Gasteiger partial charge in [0.1, 0.15) is 5.54 Å². The van der Waals surface area contributed by atoms with Crippen LogP contribution in [0.2, 0.25) is 0 Å². The zero-order valence-electron chi connectivity index (χ0n) is 13.7. The van der Waals surface area contributed by atoms with Gasteiger partial charge in [-0.15, -0.1) is 0 Å². The number of hydrogen-bond acceptors (Lipinski definition) is 4. The van der Waals surface area contributed by atoms with E-state index in [4.69, 9.17) is 4.74 Å². The highest BCUT2D eigenvalue weighted by Gasteiger charge is 2.37. The minimum absolute atomic E-state index is 0.167. The van der Waals surface area contributed by atoms with Crippen LogP contribution < -0.4 is 5.32 Å². The van der Waals surface area contributed by atoms with Gasteiger partial charge in [0.15, 0.2) is 0 Å². The molecule has 0 aliphatic heterocycles. The van der Waals surface area contributed by atoms with Crippen LogP contribution in [0.3, 0.4) is 0 Å². The van der Waals surface area contributed by atoms with Crippen molar-refractivity contribution in [3.8, 4) is 0 Å². The standard InChI is InChI=1S/C15H32N2O2/c1-8-10-13(5)17(7)11-15(6,16-12(3)4)14(18)19-9-2/h12-13,16H,8-11H2,1-7H3. The molecule has 2 atom stereocenters. The average Bonchev–Trinajstić information content (AvgIpc) is 2.28. The number of esters is 1. The molecule has 0 aliphatic carbocycles. The van der Waals surface area contributed by atoms with E-state index in [9.17, 15) is 4.79 Å². The summed E-state index contributed by atoms with van der Waals surface area (Å²) in [6.07, 6.45) is 2.29. The smallest absolute Gasteiger partial charge is 0.327 e. The van der Waals surface area contributed by atoms with E-state index in [1.54, 1.807) is 0 Å². The molecule has 114 valence electrons. The van der Waals surface area contributed by atoms with Crippen LogP contribution in [0.15, 0.2) is 0 Å². The molecule has 0 radical (unpaired) electrons. The van der Waals surface area contributed by atoms with Crippen molar-refractivity contribution in [2.45, 2.75) is 72.0 Å². The van der Waals surface area contributed by atoms with E-state index in [-0.39, 0.29) is 12.0 Å². The summed E-state index contributed by atoms with van der Waals surface area (Å²) in [5.74, 6) is -0.167. The minimum atomic E-state index is -0.652. The van der Waals surface area contributed by atoms with E-state index < -0.39 is 5.54 Å². The Morgan fingerprint density at radius 3 is 2.32 bits per heavy atom. The lowest BCUT2D eigenvalue weighted by Crippen LogP contribution is -2.60. The molecule has 4 heteroatoms. The van der Waals surface area contributed by atoms with Gasteiger partial charge in [-0.05, 0) is 48.1 Å². The number of nitrogens with one attached hydrogen (secondary N) is 1. The van der Waals surface area contributed by atoms with Crippen LogP contribution in [0.1, 0.15) is 54.4 Å². The van der Waals surface area contributed by atoms with Crippen molar-refractivity contribution < 1.29 is 9.53 Å². The zero-order valence-corrected chi connectivity index (χ0v) is 13.7. The Hall–Kier alpha value is -0.610. The Morgan fingerprint density at radius 1 is 1.32 bits per heavy atom. The van der Waals surface area contributed by atoms with Crippen LogP contribution >= 0.6 is 0 Å². The van der Waals surface area contributed by atoms with Crippen LogP contribution in [0.4, 0.5) is 0 Å². The number of hydrogen-bond donors (Lipinski definition) is 1. The quantitative estimate of drug-likeness (QED) is 0.655. The van der Waals surface area contributed by atoms with Gasteiger partial charge in [-0.25, -0.2) is 0 Å². The van der Waals surface area contributed by atoms with Gasteiger partial charge in [-0.1, -0.05) is 13.3 Å². The van der Waals surface area contributed by atoms with Crippen LogP contribution in [-0.4, -0.2) is 48.7 Å². The van der Waals surface area contributed by atoms with Crippen molar-refractivity contribution in [2.75, 3.05) is 20.2 Å². The first-order valence-electron chi connectivity index (χ1n) is 7.42. The van der Waals surface area contributed by atoms with Crippen molar-refractivity contribution in [3.05, 3.63) is 0 Å². The van der Waals surface area contributed by atoms with E-state index >= 15 is 0 Å². The molecule has 2 unspecified atom stereocenters. The van der Waals surface area contributed by atoms with Gasteiger partial charge in [-0.3, -0.25) is 10.1 Å². The molecule has 0 spiro atoms. The second kappa shape index (κ2) is 8.54. The van der Waals surface area contributed by atoms with Gasteiger partial charge in [0.05, 0.1) is 6.61 Å². The van der Waals surface area contributed by atoms with Gasteiger partial charge in [0.2, 0.25) is 0 Å². The molecule has 4 nitrogen and oxygen atoms in total. The lowest BCUT2D eigenvalue weighted by Gasteiger charge is -2.36. The van der Waals surface area contributed by atoms with Crippen LogP contribution in [0, 0.1) is 0 Å². The molecule has 0 heterocycles. The van der Waals surface area contributed by atoms with Gasteiger partial charge < -0.3 is 9.64 Å². The fraction of sp³-hybridized carbons (Fsp3) is 0.933. The maximum atomic E-state index is 12.2. The molecule has 0 aromatic rings. The number of ether oxygens (including phenoxy) is 1. The molecule has 0 saturated carbocycles. The Bertz CT molecular complexity index is 269. The van der Waals surface area contributed by atoms with E-state index in [0.717, 1.165) is 12.8 Å². The summed E-state index contributed by atoms with van der Waals surface area (Å²) in [5.41, 5.74) is -0.652. The first-order valence-corrected chi connectivity index (χ1v) is 7.42. The predicted molar refractivity (Wildman–Crippen MR) is 80.3 cm³/mol. The molecular weight excluding hydrogens is 240 g/mol. The maximum absolute atomic E-state index is 12.2. The summed E-state index contributed by atoms with van der Waals surface area (Å²) < 4.78 is 5.22. The number of carbonyl (C=O) groups is 1. The minimum Gasteiger partial charge on any atom is -0.465 e. The van der Waals surface area contributed by atoms with Crippen LogP contribution in [-0.2, 0) is 9.53 Å². The van der Waals surface area contributed by atoms with Gasteiger partial charge in [0.25, 0.3) is 0 Å². The molecule has 0 aliphatic rings. The van der Waals surface area contributed by atoms with Crippen molar-refractivity contribution >= 4 is 5.97 Å². The molecule has 19 heavy (non-hydrogen) atoms. The molecule has 0 aromatic carbocycles. The molecule has 1 N–H and O–H groups in total. The van der Waals surface area contributed by atoms with Gasteiger partial charge >= 0.3 is 5.97 Å². The number of rotatable bonds is 9. The third-order valence-electron chi connectivity index (χ3n) is 3.36. The number of nitrogens with zero attached hydrogens (tertiary/aromatic N) is 1. The molecular formula is C15H32N2O2. The maximum Gasteiger partial charge on any atom is 0.327 e.